The van der Waals surface area contributed by atoms with Crippen molar-refractivity contribution in [2.45, 2.75) is 58.4 Å². The Hall–Kier alpha value is -2.96. The van der Waals surface area contributed by atoms with E-state index in [0.29, 0.717) is 5.56 Å². The number of hydrogen-bond donors (Lipinski definition) is 0. The molecule has 12 heteroatoms. The van der Waals surface area contributed by atoms with Crippen LogP contribution in [-0.2, 0) is 47.6 Å². The summed E-state index contributed by atoms with van der Waals surface area (Å²) in [5.74, 6) is -2.56. The zero-order valence-electron chi connectivity index (χ0n) is 19.8. The minimum atomic E-state index is -1.31. The molecule has 0 unspecified atom stereocenters. The normalized spacial score (nSPS) is 23.6. The molecule has 35 heavy (non-hydrogen) atoms. The third kappa shape index (κ3) is 9.30. The van der Waals surface area contributed by atoms with Gasteiger partial charge in [0.05, 0.1) is 6.61 Å². The van der Waals surface area contributed by atoms with Gasteiger partial charge in [-0.15, -0.1) is 0 Å². The molecule has 0 radical (unpaired) electrons. The first kappa shape index (κ1) is 28.3. The van der Waals surface area contributed by atoms with E-state index < -0.39 is 54.6 Å². The molecule has 0 saturated carbocycles. The molecular weight excluding hydrogens is 484 g/mol. The van der Waals surface area contributed by atoms with E-state index in [1.807, 2.05) is 0 Å². The summed E-state index contributed by atoms with van der Waals surface area (Å²) in [6, 6.07) is 8.68. The molecular formula is C23H28O11S. The largest absolute Gasteiger partial charge is 0.463 e. The molecule has 1 aliphatic heterocycles. The summed E-state index contributed by atoms with van der Waals surface area (Å²) in [5, 5.41) is -0.157. The van der Waals surface area contributed by atoms with Crippen LogP contribution in [0, 0.1) is 0 Å². The third-order valence-corrected chi connectivity index (χ3v) is 5.42. The molecule has 1 aliphatic rings. The third-order valence-electron chi connectivity index (χ3n) is 4.56. The van der Waals surface area contributed by atoms with E-state index >= 15 is 0 Å². The highest BCUT2D eigenvalue weighted by molar-refractivity contribution is 8.14. The Morgan fingerprint density at radius 2 is 1.37 bits per heavy atom. The van der Waals surface area contributed by atoms with Gasteiger partial charge in [-0.3, -0.25) is 24.0 Å². The van der Waals surface area contributed by atoms with Gasteiger partial charge in [0.15, 0.2) is 24.6 Å². The maximum atomic E-state index is 12.3. The fraction of sp³-hybridized carbons (Fsp3) is 0.522. The van der Waals surface area contributed by atoms with Crippen LogP contribution < -0.4 is 0 Å². The number of carbonyl (C=O) groups is 5. The zero-order chi connectivity index (χ0) is 26.0. The fourth-order valence-corrected chi connectivity index (χ4v) is 3.95. The van der Waals surface area contributed by atoms with Crippen molar-refractivity contribution in [1.29, 1.82) is 0 Å². The van der Waals surface area contributed by atoms with Gasteiger partial charge < -0.3 is 28.4 Å². The quantitative estimate of drug-likeness (QED) is 0.256. The number of carbonyl (C=O) groups excluding carboxylic acids is 5. The van der Waals surface area contributed by atoms with Gasteiger partial charge in [-0.1, -0.05) is 42.1 Å². The van der Waals surface area contributed by atoms with Gasteiger partial charge in [0, 0.05) is 39.0 Å². The minimum Gasteiger partial charge on any atom is -0.463 e. The lowest BCUT2D eigenvalue weighted by molar-refractivity contribution is -0.307. The first-order valence-electron chi connectivity index (χ1n) is 10.7. The van der Waals surface area contributed by atoms with Gasteiger partial charge in [0.25, 0.3) is 0 Å². The van der Waals surface area contributed by atoms with E-state index in [1.54, 1.807) is 30.3 Å². The van der Waals surface area contributed by atoms with Crippen molar-refractivity contribution in [3.05, 3.63) is 35.9 Å². The average molecular weight is 513 g/mol. The first-order chi connectivity index (χ1) is 16.6. The molecule has 1 heterocycles. The van der Waals surface area contributed by atoms with E-state index in [1.165, 1.54) is 6.92 Å². The number of rotatable bonds is 10. The van der Waals surface area contributed by atoms with Crippen molar-refractivity contribution in [2.75, 3.05) is 19.0 Å². The summed E-state index contributed by atoms with van der Waals surface area (Å²) >= 11 is 1.02. The summed E-state index contributed by atoms with van der Waals surface area (Å²) in [5.41, 5.74) is 0.532. The van der Waals surface area contributed by atoms with Crippen molar-refractivity contribution in [2.24, 2.45) is 0 Å². The monoisotopic (exact) mass is 512 g/mol. The van der Waals surface area contributed by atoms with E-state index in [-0.39, 0.29) is 24.1 Å². The van der Waals surface area contributed by atoms with Crippen LogP contribution in [0.4, 0.5) is 0 Å². The molecule has 1 fully saturated rings. The van der Waals surface area contributed by atoms with Crippen LogP contribution in [0.5, 0.6) is 0 Å². The molecule has 1 aromatic carbocycles. The van der Waals surface area contributed by atoms with Crippen LogP contribution in [-0.4, -0.2) is 78.7 Å². The maximum absolute atomic E-state index is 12.3. The van der Waals surface area contributed by atoms with E-state index in [4.69, 9.17) is 28.4 Å². The lowest BCUT2D eigenvalue weighted by Gasteiger charge is -2.44. The highest BCUT2D eigenvalue weighted by Crippen LogP contribution is 2.30. The Morgan fingerprint density at radius 3 is 1.94 bits per heavy atom. The first-order valence-corrected chi connectivity index (χ1v) is 11.7. The SMILES string of the molecule is CC(=O)OC[C@H]1O[C@@H](OCCSC(=O)c2ccccc2)[C@H](OC(C)=O)[C@@H](OC(C)=O)[C@@H]1OC(C)=O. The van der Waals surface area contributed by atoms with Gasteiger partial charge in [-0.25, -0.2) is 0 Å². The van der Waals surface area contributed by atoms with Crippen LogP contribution in [0.3, 0.4) is 0 Å². The van der Waals surface area contributed by atoms with E-state index in [0.717, 1.165) is 32.5 Å². The van der Waals surface area contributed by atoms with Crippen LogP contribution >= 0.6 is 11.8 Å². The Bertz CT molecular complexity index is 904. The summed E-state index contributed by atoms with van der Waals surface area (Å²) in [7, 11) is 0. The highest BCUT2D eigenvalue weighted by atomic mass is 32.2. The molecule has 0 N–H and O–H groups in total. The zero-order valence-corrected chi connectivity index (χ0v) is 20.6. The number of benzene rings is 1. The van der Waals surface area contributed by atoms with Crippen LogP contribution in [0.2, 0.25) is 0 Å². The topological polar surface area (TPSA) is 141 Å². The fourth-order valence-electron chi connectivity index (χ4n) is 3.28. The van der Waals surface area contributed by atoms with Crippen molar-refractivity contribution < 1.29 is 52.4 Å². The summed E-state index contributed by atoms with van der Waals surface area (Å²) < 4.78 is 32.5. The number of thioether (sulfide) groups is 1. The standard InChI is InChI=1S/C23H28O11S/c1-13(24)30-12-18-19(31-14(2)25)20(32-15(3)26)21(33-16(4)27)23(34-18)29-10-11-35-22(28)17-8-6-5-7-9-17/h5-9,18-21,23H,10-12H2,1-4H3/t18-,19-,20+,21-,23-/m1/s1. The molecule has 1 saturated heterocycles. The van der Waals surface area contributed by atoms with Crippen LogP contribution in [0.15, 0.2) is 30.3 Å². The molecule has 11 nitrogen and oxygen atoms in total. The van der Waals surface area contributed by atoms with Crippen molar-refractivity contribution in [3.8, 4) is 0 Å². The number of hydrogen-bond acceptors (Lipinski definition) is 12. The van der Waals surface area contributed by atoms with Crippen molar-refractivity contribution in [1.82, 2.24) is 0 Å². The van der Waals surface area contributed by atoms with Crippen LogP contribution in [0.1, 0.15) is 38.1 Å². The molecule has 0 bridgehead atoms. The summed E-state index contributed by atoms with van der Waals surface area (Å²) in [4.78, 5) is 59.0. The van der Waals surface area contributed by atoms with Crippen molar-refractivity contribution >= 4 is 40.8 Å². The smallest absolute Gasteiger partial charge is 0.303 e. The Labute approximate surface area is 206 Å². The second kappa shape index (κ2) is 13.8. The van der Waals surface area contributed by atoms with E-state index in [9.17, 15) is 24.0 Å². The Kier molecular flexibility index (Phi) is 11.2. The van der Waals surface area contributed by atoms with Gasteiger partial charge >= 0.3 is 23.9 Å². The molecule has 2 rings (SSSR count). The van der Waals surface area contributed by atoms with Gasteiger partial charge in [0.2, 0.25) is 5.12 Å². The molecule has 192 valence electrons. The minimum absolute atomic E-state index is 0.00300. The Morgan fingerprint density at radius 1 is 0.800 bits per heavy atom. The van der Waals surface area contributed by atoms with Gasteiger partial charge in [-0.2, -0.15) is 0 Å². The number of esters is 4. The van der Waals surface area contributed by atoms with E-state index in [2.05, 4.69) is 0 Å². The molecule has 0 amide bonds. The molecule has 0 aliphatic carbocycles. The molecule has 0 aromatic heterocycles. The predicted molar refractivity (Wildman–Crippen MR) is 121 cm³/mol. The van der Waals surface area contributed by atoms with Crippen LogP contribution in [0.25, 0.3) is 0 Å². The highest BCUT2D eigenvalue weighted by Gasteiger charge is 2.52. The van der Waals surface area contributed by atoms with Crippen molar-refractivity contribution in [3.63, 3.8) is 0 Å². The maximum Gasteiger partial charge on any atom is 0.303 e. The molecule has 1 aromatic rings. The number of ether oxygens (including phenoxy) is 6. The summed E-state index contributed by atoms with van der Waals surface area (Å²) in [6.07, 6.45) is -6.23. The second-order valence-electron chi connectivity index (χ2n) is 7.44. The predicted octanol–water partition coefficient (Wildman–Crippen LogP) is 1.66. The second-order valence-corrected chi connectivity index (χ2v) is 8.51. The summed E-state index contributed by atoms with van der Waals surface area (Å²) in [6.45, 7) is 4.24. The van der Waals surface area contributed by atoms with Gasteiger partial charge in [-0.05, 0) is 0 Å². The molecule has 0 spiro atoms. The lowest BCUT2D eigenvalue weighted by Crippen LogP contribution is -2.63. The molecule has 5 atom stereocenters. The Balaban J connectivity index is 2.18. The van der Waals surface area contributed by atoms with Gasteiger partial charge in [0.1, 0.15) is 12.7 Å². The average Bonchev–Trinajstić information content (AvgIpc) is 2.78. The lowest BCUT2D eigenvalue weighted by atomic mass is 9.98.